The number of amides is 4. The summed E-state index contributed by atoms with van der Waals surface area (Å²) in [4.78, 5) is 60.4. The maximum atomic E-state index is 12.8. The number of carbonyl (C=O) groups is 5. The monoisotopic (exact) mass is 612 g/mol. The third kappa shape index (κ3) is 18.8. The Morgan fingerprint density at radius 3 is 1.35 bits per heavy atom. The van der Waals surface area contributed by atoms with E-state index in [0.717, 1.165) is 51.4 Å². The summed E-state index contributed by atoms with van der Waals surface area (Å²) in [6.07, 6.45) is 10.8. The molecule has 6 N–H and O–H groups in total. The molecule has 0 aromatic heterocycles. The number of aliphatic carboxylic acids is 1. The largest absolute Gasteiger partial charge is 0.479 e. The lowest BCUT2D eigenvalue weighted by Gasteiger charge is -2.24. The third-order valence-corrected chi connectivity index (χ3v) is 6.71. The van der Waals surface area contributed by atoms with Gasteiger partial charge in [0.05, 0.1) is 25.9 Å². The second-order valence-corrected chi connectivity index (χ2v) is 10.7. The molecule has 0 saturated carbocycles. The van der Waals surface area contributed by atoms with Gasteiger partial charge in [-0.3, -0.25) is 29.6 Å². The molecule has 0 radical (unpaired) electrons. The van der Waals surface area contributed by atoms with Crippen LogP contribution in [0, 0.1) is 0 Å². The lowest BCUT2D eigenvalue weighted by atomic mass is 9.94. The van der Waals surface area contributed by atoms with Crippen molar-refractivity contribution in [2.45, 2.75) is 123 Å². The molecule has 0 aromatic rings. The smallest absolute Gasteiger partial charge is 0.336 e. The first-order valence-corrected chi connectivity index (χ1v) is 15.1. The molecule has 0 saturated heterocycles. The molecule has 43 heavy (non-hydrogen) atoms. The quantitative estimate of drug-likeness (QED) is 0.0565. The van der Waals surface area contributed by atoms with Gasteiger partial charge in [0.25, 0.3) is 0 Å². The van der Waals surface area contributed by atoms with Gasteiger partial charge in [-0.2, -0.15) is 0 Å². The highest BCUT2D eigenvalue weighted by Crippen LogP contribution is 2.18. The summed E-state index contributed by atoms with van der Waals surface area (Å²) < 4.78 is 0. The van der Waals surface area contributed by atoms with Crippen molar-refractivity contribution in [3.8, 4) is 0 Å². The van der Waals surface area contributed by atoms with Crippen LogP contribution in [0.3, 0.4) is 0 Å². The second kappa shape index (κ2) is 22.3. The van der Waals surface area contributed by atoms with Crippen molar-refractivity contribution in [1.29, 1.82) is 0 Å². The van der Waals surface area contributed by atoms with Crippen molar-refractivity contribution < 1.29 is 44.6 Å². The van der Waals surface area contributed by atoms with E-state index >= 15 is 0 Å². The van der Waals surface area contributed by atoms with E-state index < -0.39 is 48.0 Å². The zero-order chi connectivity index (χ0) is 32.8. The van der Waals surface area contributed by atoms with Crippen molar-refractivity contribution >= 4 is 29.6 Å². The lowest BCUT2D eigenvalue weighted by Crippen LogP contribution is -2.47. The molecule has 0 fully saturated rings. The predicted octanol–water partition coefficient (Wildman–Crippen LogP) is 3.78. The number of nitrogens with one attached hydrogen (secondary N) is 2. The van der Waals surface area contributed by atoms with E-state index in [9.17, 15) is 44.6 Å². The highest BCUT2D eigenvalue weighted by molar-refractivity contribution is 5.92. The minimum absolute atomic E-state index is 0.0795. The van der Waals surface area contributed by atoms with Gasteiger partial charge in [-0.1, -0.05) is 64.5 Å². The molecule has 0 aliphatic heterocycles. The number of unbranched alkanes of at least 4 members (excludes halogenated alkanes) is 8. The van der Waals surface area contributed by atoms with E-state index in [1.165, 1.54) is 13.8 Å². The molecule has 246 valence electrons. The Balaban J connectivity index is 5.52. The van der Waals surface area contributed by atoms with Gasteiger partial charge in [-0.15, -0.1) is 0 Å². The van der Waals surface area contributed by atoms with E-state index in [0.29, 0.717) is 34.4 Å². The van der Waals surface area contributed by atoms with Gasteiger partial charge < -0.3 is 20.8 Å². The van der Waals surface area contributed by atoms with Crippen molar-refractivity contribution in [2.75, 3.05) is 13.1 Å². The summed E-state index contributed by atoms with van der Waals surface area (Å²) in [5.74, 6) is -4.63. The molecule has 0 aromatic carbocycles. The van der Waals surface area contributed by atoms with Gasteiger partial charge >= 0.3 is 5.97 Å². The highest BCUT2D eigenvalue weighted by Gasteiger charge is 2.41. The highest BCUT2D eigenvalue weighted by atomic mass is 16.5. The van der Waals surface area contributed by atoms with Gasteiger partial charge in [-0.25, -0.2) is 14.9 Å². The van der Waals surface area contributed by atoms with Crippen molar-refractivity contribution in [3.63, 3.8) is 0 Å². The van der Waals surface area contributed by atoms with E-state index in [4.69, 9.17) is 0 Å². The minimum Gasteiger partial charge on any atom is -0.479 e. The van der Waals surface area contributed by atoms with Crippen molar-refractivity contribution in [1.82, 2.24) is 20.8 Å². The SMILES string of the molecule is CCCCCC/C=C(/CCN(O)C(C)=O)NC(=O)CC(O)(CC(=O)N/C(=C/CCCCCC)CCN(O)C(C)=O)C(=O)O. The van der Waals surface area contributed by atoms with Crippen LogP contribution in [0.2, 0.25) is 0 Å². The summed E-state index contributed by atoms with van der Waals surface area (Å²) >= 11 is 0. The minimum atomic E-state index is -2.72. The summed E-state index contributed by atoms with van der Waals surface area (Å²) in [5.41, 5.74) is -2.02. The number of carbonyl (C=O) groups excluding carboxylic acids is 4. The first kappa shape index (κ1) is 39.7. The number of rotatable bonds is 23. The Morgan fingerprint density at radius 1 is 0.674 bits per heavy atom. The molecule has 1 atom stereocenters. The first-order chi connectivity index (χ1) is 20.2. The zero-order valence-electron chi connectivity index (χ0n) is 26.2. The number of carboxylic acids is 1. The van der Waals surface area contributed by atoms with Crippen LogP contribution in [-0.2, 0) is 24.0 Å². The number of hydrogen-bond acceptors (Lipinski definition) is 8. The van der Waals surface area contributed by atoms with Gasteiger partial charge in [0.15, 0.2) is 5.60 Å². The number of carboxylic acid groups (broad SMARTS) is 1. The molecule has 0 heterocycles. The molecule has 4 amide bonds. The maximum Gasteiger partial charge on any atom is 0.336 e. The average molecular weight is 613 g/mol. The molecule has 0 rings (SSSR count). The Kier molecular flexibility index (Phi) is 20.6. The molecule has 13 nitrogen and oxygen atoms in total. The van der Waals surface area contributed by atoms with Crippen LogP contribution in [0.1, 0.15) is 118 Å². The van der Waals surface area contributed by atoms with Gasteiger partial charge in [0.1, 0.15) is 0 Å². The molecular weight excluding hydrogens is 560 g/mol. The predicted molar refractivity (Wildman–Crippen MR) is 159 cm³/mol. The second-order valence-electron chi connectivity index (χ2n) is 10.7. The van der Waals surface area contributed by atoms with E-state index in [1.54, 1.807) is 12.2 Å². The van der Waals surface area contributed by atoms with Crippen molar-refractivity contribution in [2.24, 2.45) is 0 Å². The third-order valence-electron chi connectivity index (χ3n) is 6.71. The molecule has 0 aliphatic carbocycles. The van der Waals surface area contributed by atoms with Gasteiger partial charge in [-0.05, 0) is 25.7 Å². The van der Waals surface area contributed by atoms with E-state index in [1.807, 2.05) is 0 Å². The standard InChI is InChI=1S/C30H52N4O9/c1-5-7-9-11-13-15-25(17-19-33(42)23(3)35)31-27(37)21-30(41,29(39)40)22-28(38)32-26(16-14-12-10-8-6-2)18-20-34(43)24(4)36/h15-16,41-43H,5-14,17-22H2,1-4H3,(H,31,37)(H,32,38)(H,39,40)/b25-15-,26-16+. The summed E-state index contributed by atoms with van der Waals surface area (Å²) in [6.45, 7) is 6.30. The molecule has 0 aliphatic rings. The maximum absolute atomic E-state index is 12.8. The van der Waals surface area contributed by atoms with Crippen LogP contribution in [0.4, 0.5) is 0 Å². The number of nitrogens with zero attached hydrogens (tertiary/aromatic N) is 2. The zero-order valence-corrected chi connectivity index (χ0v) is 26.2. The average Bonchev–Trinajstić information content (AvgIpc) is 2.93. The number of hydrogen-bond donors (Lipinski definition) is 6. The fourth-order valence-electron chi connectivity index (χ4n) is 4.09. The topological polar surface area (TPSA) is 197 Å². The van der Waals surface area contributed by atoms with Crippen LogP contribution < -0.4 is 10.6 Å². The van der Waals surface area contributed by atoms with Crippen LogP contribution in [0.25, 0.3) is 0 Å². The Hall–Kier alpha value is -3.29. The van der Waals surface area contributed by atoms with Crippen LogP contribution in [0.15, 0.2) is 23.5 Å². The van der Waals surface area contributed by atoms with E-state index in [2.05, 4.69) is 24.5 Å². The fourth-order valence-corrected chi connectivity index (χ4v) is 4.09. The Morgan fingerprint density at radius 2 is 1.05 bits per heavy atom. The summed E-state index contributed by atoms with van der Waals surface area (Å²) in [5, 5.41) is 46.1. The van der Waals surface area contributed by atoms with Crippen LogP contribution in [0.5, 0.6) is 0 Å². The molecule has 1 unspecified atom stereocenters. The molecule has 13 heteroatoms. The molecule has 0 bridgehead atoms. The normalized spacial score (nSPS) is 13.2. The van der Waals surface area contributed by atoms with Crippen LogP contribution >= 0.6 is 0 Å². The van der Waals surface area contributed by atoms with Gasteiger partial charge in [0, 0.05) is 38.1 Å². The number of hydroxylamine groups is 4. The Labute approximate surface area is 254 Å². The lowest BCUT2D eigenvalue weighted by molar-refractivity contribution is -0.164. The molecular formula is C30H52N4O9. The Bertz CT molecular complexity index is 899. The van der Waals surface area contributed by atoms with E-state index in [-0.39, 0.29) is 25.9 Å². The number of allylic oxidation sites excluding steroid dienone is 2. The summed E-state index contributed by atoms with van der Waals surface area (Å²) in [7, 11) is 0. The fraction of sp³-hybridized carbons (Fsp3) is 0.700. The summed E-state index contributed by atoms with van der Waals surface area (Å²) in [6, 6.07) is 0. The van der Waals surface area contributed by atoms with Crippen LogP contribution in [-0.4, -0.2) is 79.0 Å². The first-order valence-electron chi connectivity index (χ1n) is 15.1. The van der Waals surface area contributed by atoms with Gasteiger partial charge in [0.2, 0.25) is 23.6 Å². The number of aliphatic hydroxyl groups is 1. The molecule has 0 spiro atoms. The van der Waals surface area contributed by atoms with Crippen molar-refractivity contribution in [3.05, 3.63) is 23.5 Å².